The SMILES string of the molecule is Cc1ccc(Br)cc1S(=O)(=O)Nc1cccc(CN)c1. The Morgan fingerprint density at radius 3 is 2.65 bits per heavy atom. The molecule has 2 aromatic rings. The number of aryl methyl sites for hydroxylation is 1. The van der Waals surface area contributed by atoms with Crippen LogP contribution in [-0.4, -0.2) is 8.42 Å². The van der Waals surface area contributed by atoms with Gasteiger partial charge in [0.25, 0.3) is 10.0 Å². The number of nitrogens with one attached hydrogen (secondary N) is 1. The Morgan fingerprint density at radius 2 is 1.95 bits per heavy atom. The number of rotatable bonds is 4. The molecule has 3 N–H and O–H groups in total. The van der Waals surface area contributed by atoms with E-state index < -0.39 is 10.0 Å². The van der Waals surface area contributed by atoms with Crippen molar-refractivity contribution in [3.8, 4) is 0 Å². The summed E-state index contributed by atoms with van der Waals surface area (Å²) in [7, 11) is -3.61. The molecule has 2 aromatic carbocycles. The van der Waals surface area contributed by atoms with Crippen LogP contribution in [0.15, 0.2) is 51.8 Å². The van der Waals surface area contributed by atoms with E-state index in [1.54, 1.807) is 37.3 Å². The maximum absolute atomic E-state index is 12.4. The third-order valence-electron chi connectivity index (χ3n) is 2.85. The Morgan fingerprint density at radius 1 is 1.20 bits per heavy atom. The predicted octanol–water partition coefficient (Wildman–Crippen LogP) is 3.02. The molecule has 6 heteroatoms. The van der Waals surface area contributed by atoms with Crippen molar-refractivity contribution < 1.29 is 8.42 Å². The first-order valence-electron chi connectivity index (χ1n) is 6.00. The van der Waals surface area contributed by atoms with Crippen LogP contribution in [0.1, 0.15) is 11.1 Å². The van der Waals surface area contributed by atoms with Gasteiger partial charge in [-0.05, 0) is 42.3 Å². The van der Waals surface area contributed by atoms with Crippen molar-refractivity contribution >= 4 is 31.6 Å². The Bertz CT molecular complexity index is 730. The number of hydrogen-bond acceptors (Lipinski definition) is 3. The van der Waals surface area contributed by atoms with Gasteiger partial charge in [0, 0.05) is 16.7 Å². The van der Waals surface area contributed by atoms with Crippen molar-refractivity contribution in [1.82, 2.24) is 0 Å². The lowest BCUT2D eigenvalue weighted by Crippen LogP contribution is -2.14. The van der Waals surface area contributed by atoms with Crippen molar-refractivity contribution in [1.29, 1.82) is 0 Å². The molecular weight excluding hydrogens is 340 g/mol. The minimum atomic E-state index is -3.61. The summed E-state index contributed by atoms with van der Waals surface area (Å²) in [6, 6.07) is 12.2. The quantitative estimate of drug-likeness (QED) is 0.886. The highest BCUT2D eigenvalue weighted by atomic mass is 79.9. The van der Waals surface area contributed by atoms with Crippen LogP contribution in [0, 0.1) is 6.92 Å². The highest BCUT2D eigenvalue weighted by Crippen LogP contribution is 2.23. The van der Waals surface area contributed by atoms with Gasteiger partial charge in [-0.3, -0.25) is 4.72 Å². The summed E-state index contributed by atoms with van der Waals surface area (Å²) in [5.41, 5.74) is 7.62. The van der Waals surface area contributed by atoms with Crippen molar-refractivity contribution in [2.45, 2.75) is 18.4 Å². The van der Waals surface area contributed by atoms with Gasteiger partial charge in [-0.1, -0.05) is 34.1 Å². The second kappa shape index (κ2) is 5.95. The molecule has 0 spiro atoms. The fourth-order valence-electron chi connectivity index (χ4n) is 1.84. The van der Waals surface area contributed by atoms with Gasteiger partial charge < -0.3 is 5.73 Å². The second-order valence-corrected chi connectivity index (χ2v) is 6.99. The van der Waals surface area contributed by atoms with E-state index in [0.717, 1.165) is 10.0 Å². The van der Waals surface area contributed by atoms with E-state index in [0.29, 0.717) is 17.8 Å². The van der Waals surface area contributed by atoms with Crippen LogP contribution in [0.25, 0.3) is 0 Å². The third kappa shape index (κ3) is 3.39. The number of sulfonamides is 1. The highest BCUT2D eigenvalue weighted by molar-refractivity contribution is 9.10. The summed E-state index contributed by atoms with van der Waals surface area (Å²) in [5, 5.41) is 0. The Balaban J connectivity index is 2.38. The number of halogens is 1. The van der Waals surface area contributed by atoms with E-state index in [-0.39, 0.29) is 4.90 Å². The van der Waals surface area contributed by atoms with Gasteiger partial charge in [0.2, 0.25) is 0 Å². The van der Waals surface area contributed by atoms with Crippen molar-refractivity contribution in [3.63, 3.8) is 0 Å². The van der Waals surface area contributed by atoms with E-state index >= 15 is 0 Å². The van der Waals surface area contributed by atoms with Crippen molar-refractivity contribution in [2.75, 3.05) is 4.72 Å². The molecule has 0 saturated heterocycles. The van der Waals surface area contributed by atoms with Crippen LogP contribution >= 0.6 is 15.9 Å². The predicted molar refractivity (Wildman–Crippen MR) is 84.0 cm³/mol. The highest BCUT2D eigenvalue weighted by Gasteiger charge is 2.17. The summed E-state index contributed by atoms with van der Waals surface area (Å²) in [6.45, 7) is 2.13. The van der Waals surface area contributed by atoms with Crippen LogP contribution in [0.5, 0.6) is 0 Å². The minimum Gasteiger partial charge on any atom is -0.326 e. The maximum Gasteiger partial charge on any atom is 0.262 e. The molecule has 0 radical (unpaired) electrons. The minimum absolute atomic E-state index is 0.255. The molecule has 0 aromatic heterocycles. The summed E-state index contributed by atoms with van der Waals surface area (Å²) >= 11 is 3.29. The average Bonchev–Trinajstić information content (AvgIpc) is 2.41. The van der Waals surface area contributed by atoms with Gasteiger partial charge in [0.15, 0.2) is 0 Å². The van der Waals surface area contributed by atoms with Gasteiger partial charge in [0.05, 0.1) is 4.90 Å². The molecule has 20 heavy (non-hydrogen) atoms. The molecule has 0 bridgehead atoms. The van der Waals surface area contributed by atoms with Crippen LogP contribution in [0.4, 0.5) is 5.69 Å². The topological polar surface area (TPSA) is 72.2 Å². The van der Waals surface area contributed by atoms with Gasteiger partial charge in [-0.25, -0.2) is 8.42 Å². The lowest BCUT2D eigenvalue weighted by atomic mass is 10.2. The normalized spacial score (nSPS) is 11.3. The lowest BCUT2D eigenvalue weighted by molar-refractivity contribution is 0.600. The first-order valence-corrected chi connectivity index (χ1v) is 8.28. The molecule has 0 aliphatic carbocycles. The van der Waals surface area contributed by atoms with Crippen LogP contribution in [-0.2, 0) is 16.6 Å². The molecule has 0 saturated carbocycles. The fourth-order valence-corrected chi connectivity index (χ4v) is 3.67. The molecule has 0 atom stereocenters. The van der Waals surface area contributed by atoms with Gasteiger partial charge in [-0.2, -0.15) is 0 Å². The van der Waals surface area contributed by atoms with Gasteiger partial charge >= 0.3 is 0 Å². The van der Waals surface area contributed by atoms with E-state index in [4.69, 9.17) is 5.73 Å². The van der Waals surface area contributed by atoms with Crippen LogP contribution in [0.2, 0.25) is 0 Å². The fraction of sp³-hybridized carbons (Fsp3) is 0.143. The lowest BCUT2D eigenvalue weighted by Gasteiger charge is -2.11. The van der Waals surface area contributed by atoms with E-state index in [1.165, 1.54) is 0 Å². The van der Waals surface area contributed by atoms with Gasteiger partial charge in [0.1, 0.15) is 0 Å². The van der Waals surface area contributed by atoms with Crippen molar-refractivity contribution in [2.24, 2.45) is 5.73 Å². The second-order valence-electron chi connectivity index (χ2n) is 4.42. The van der Waals surface area contributed by atoms with E-state index in [2.05, 4.69) is 20.7 Å². The number of anilines is 1. The molecule has 4 nitrogen and oxygen atoms in total. The monoisotopic (exact) mass is 354 g/mol. The first-order chi connectivity index (χ1) is 9.42. The van der Waals surface area contributed by atoms with Crippen molar-refractivity contribution in [3.05, 3.63) is 58.1 Å². The molecule has 0 aliphatic rings. The van der Waals surface area contributed by atoms with E-state index in [1.807, 2.05) is 12.1 Å². The zero-order valence-corrected chi connectivity index (χ0v) is 13.3. The first kappa shape index (κ1) is 15.0. The summed E-state index contributed by atoms with van der Waals surface area (Å²) < 4.78 is 28.1. The number of nitrogens with two attached hydrogens (primary N) is 1. The molecule has 106 valence electrons. The van der Waals surface area contributed by atoms with Gasteiger partial charge in [-0.15, -0.1) is 0 Å². The summed E-state index contributed by atoms with van der Waals surface area (Å²) in [6.07, 6.45) is 0. The smallest absolute Gasteiger partial charge is 0.262 e. The maximum atomic E-state index is 12.4. The van der Waals surface area contributed by atoms with Crippen LogP contribution < -0.4 is 10.5 Å². The Hall–Kier alpha value is -1.37. The Kier molecular flexibility index (Phi) is 4.47. The van der Waals surface area contributed by atoms with E-state index in [9.17, 15) is 8.42 Å². The molecule has 0 unspecified atom stereocenters. The largest absolute Gasteiger partial charge is 0.326 e. The molecule has 0 heterocycles. The summed E-state index contributed by atoms with van der Waals surface area (Å²) in [5.74, 6) is 0. The molecule has 0 fully saturated rings. The molecule has 0 amide bonds. The number of benzene rings is 2. The summed E-state index contributed by atoms with van der Waals surface area (Å²) in [4.78, 5) is 0.255. The number of hydrogen-bond donors (Lipinski definition) is 2. The third-order valence-corrected chi connectivity index (χ3v) is 4.87. The Labute approximate surface area is 127 Å². The van der Waals surface area contributed by atoms with Crippen LogP contribution in [0.3, 0.4) is 0 Å². The molecule has 0 aliphatic heterocycles. The molecule has 2 rings (SSSR count). The average molecular weight is 355 g/mol. The molecular formula is C14H15BrN2O2S. The zero-order valence-electron chi connectivity index (χ0n) is 10.9. The standard InChI is InChI=1S/C14H15BrN2O2S/c1-10-5-6-12(15)8-14(10)20(18,19)17-13-4-2-3-11(7-13)9-16/h2-8,17H,9,16H2,1H3. The zero-order chi connectivity index (χ0) is 14.8.